The van der Waals surface area contributed by atoms with Crippen molar-refractivity contribution in [3.63, 3.8) is 0 Å². The molecule has 1 fully saturated rings. The molecule has 1 atom stereocenters. The molecule has 0 aromatic heterocycles. The number of hydrogen-bond donors (Lipinski definition) is 1. The second-order valence-electron chi connectivity index (χ2n) is 7.45. The maximum atomic E-state index is 10.7. The van der Waals surface area contributed by atoms with Crippen molar-refractivity contribution in [2.45, 2.75) is 84.2 Å². The van der Waals surface area contributed by atoms with Gasteiger partial charge in [0.15, 0.2) is 0 Å². The van der Waals surface area contributed by atoms with E-state index in [1.807, 2.05) is 0 Å². The van der Waals surface area contributed by atoms with Crippen LogP contribution in [0.2, 0.25) is 0 Å². The molecule has 1 N–H and O–H groups in total. The summed E-state index contributed by atoms with van der Waals surface area (Å²) in [5.74, 6) is 1.74. The molecule has 118 valence electrons. The molecule has 1 aromatic rings. The lowest BCUT2D eigenvalue weighted by molar-refractivity contribution is 0.130. The number of rotatable bonds is 5. The monoisotopic (exact) mass is 288 g/mol. The Morgan fingerprint density at radius 1 is 0.952 bits per heavy atom. The molecule has 0 spiro atoms. The third-order valence-electron chi connectivity index (χ3n) is 5.04. The molecule has 1 aliphatic carbocycles. The van der Waals surface area contributed by atoms with Crippen LogP contribution in [0.25, 0.3) is 0 Å². The summed E-state index contributed by atoms with van der Waals surface area (Å²) in [5.41, 5.74) is 3.89. The fraction of sp³-hybridized carbons (Fsp3) is 0.700. The fourth-order valence-electron chi connectivity index (χ4n) is 3.62. The maximum Gasteiger partial charge on any atom is 0.0795 e. The van der Waals surface area contributed by atoms with Gasteiger partial charge >= 0.3 is 0 Å². The summed E-state index contributed by atoms with van der Waals surface area (Å²) in [6, 6.07) is 6.70. The SMILES string of the molecule is CC(C)c1ccc(C(O)CC2CCCCC2)c(C(C)C)c1. The van der Waals surface area contributed by atoms with Gasteiger partial charge < -0.3 is 5.11 Å². The molecule has 0 bridgehead atoms. The zero-order chi connectivity index (χ0) is 15.4. The Hall–Kier alpha value is -0.820. The third-order valence-corrected chi connectivity index (χ3v) is 5.04. The molecular weight excluding hydrogens is 256 g/mol. The predicted octanol–water partition coefficient (Wildman–Crippen LogP) is 5.94. The van der Waals surface area contributed by atoms with Crippen LogP contribution in [0, 0.1) is 5.92 Å². The van der Waals surface area contributed by atoms with Crippen molar-refractivity contribution in [3.8, 4) is 0 Å². The van der Waals surface area contributed by atoms with Gasteiger partial charge in [-0.25, -0.2) is 0 Å². The average molecular weight is 288 g/mol. The molecule has 0 saturated heterocycles. The van der Waals surface area contributed by atoms with E-state index in [-0.39, 0.29) is 6.10 Å². The maximum absolute atomic E-state index is 10.7. The van der Waals surface area contributed by atoms with Gasteiger partial charge in [-0.1, -0.05) is 78.0 Å². The van der Waals surface area contributed by atoms with Crippen molar-refractivity contribution in [1.29, 1.82) is 0 Å². The fourth-order valence-corrected chi connectivity index (χ4v) is 3.62. The highest BCUT2D eigenvalue weighted by atomic mass is 16.3. The third kappa shape index (κ3) is 4.32. The summed E-state index contributed by atoms with van der Waals surface area (Å²) in [4.78, 5) is 0. The van der Waals surface area contributed by atoms with Gasteiger partial charge in [0, 0.05) is 0 Å². The minimum Gasteiger partial charge on any atom is -0.388 e. The van der Waals surface area contributed by atoms with E-state index in [1.54, 1.807) is 0 Å². The topological polar surface area (TPSA) is 20.2 Å². The first-order chi connectivity index (χ1) is 9.99. The largest absolute Gasteiger partial charge is 0.388 e. The highest BCUT2D eigenvalue weighted by Crippen LogP contribution is 2.35. The smallest absolute Gasteiger partial charge is 0.0795 e. The van der Waals surface area contributed by atoms with E-state index in [2.05, 4.69) is 45.9 Å². The molecule has 2 rings (SSSR count). The molecule has 1 unspecified atom stereocenters. The Morgan fingerprint density at radius 3 is 2.19 bits per heavy atom. The summed E-state index contributed by atoms with van der Waals surface area (Å²) in [6.45, 7) is 8.93. The van der Waals surface area contributed by atoms with Gasteiger partial charge in [-0.05, 0) is 40.9 Å². The normalized spacial score (nSPS) is 18.4. The van der Waals surface area contributed by atoms with Crippen LogP contribution in [0.15, 0.2) is 18.2 Å². The lowest BCUT2D eigenvalue weighted by Crippen LogP contribution is -2.13. The Morgan fingerprint density at radius 2 is 1.62 bits per heavy atom. The van der Waals surface area contributed by atoms with Crippen LogP contribution in [0.1, 0.15) is 101 Å². The van der Waals surface area contributed by atoms with E-state index in [0.29, 0.717) is 11.8 Å². The predicted molar refractivity (Wildman–Crippen MR) is 90.8 cm³/mol. The second-order valence-corrected chi connectivity index (χ2v) is 7.45. The molecule has 0 amide bonds. The van der Waals surface area contributed by atoms with E-state index in [0.717, 1.165) is 12.3 Å². The molecule has 21 heavy (non-hydrogen) atoms. The zero-order valence-electron chi connectivity index (χ0n) is 14.2. The molecule has 0 radical (unpaired) electrons. The van der Waals surface area contributed by atoms with Crippen LogP contribution in [0.5, 0.6) is 0 Å². The standard InChI is InChI=1S/C20H32O/c1-14(2)17-10-11-18(19(13-17)15(3)4)20(21)12-16-8-6-5-7-9-16/h10-11,13-16,20-21H,5-9,12H2,1-4H3. The second kappa shape index (κ2) is 7.45. The first-order valence-corrected chi connectivity index (χ1v) is 8.80. The zero-order valence-corrected chi connectivity index (χ0v) is 14.2. The number of benzene rings is 1. The van der Waals surface area contributed by atoms with Crippen molar-refractivity contribution in [1.82, 2.24) is 0 Å². The summed E-state index contributed by atoms with van der Waals surface area (Å²) < 4.78 is 0. The summed E-state index contributed by atoms with van der Waals surface area (Å²) in [7, 11) is 0. The van der Waals surface area contributed by atoms with Gasteiger partial charge in [0.2, 0.25) is 0 Å². The molecule has 1 aromatic carbocycles. The Labute approximate surface area is 130 Å². The highest BCUT2D eigenvalue weighted by Gasteiger charge is 2.21. The van der Waals surface area contributed by atoms with Crippen molar-refractivity contribution in [2.24, 2.45) is 5.92 Å². The van der Waals surface area contributed by atoms with Gasteiger partial charge in [-0.3, -0.25) is 0 Å². The van der Waals surface area contributed by atoms with E-state index in [1.165, 1.54) is 48.8 Å². The minimum absolute atomic E-state index is 0.285. The number of aliphatic hydroxyl groups excluding tert-OH is 1. The van der Waals surface area contributed by atoms with Gasteiger partial charge in [0.25, 0.3) is 0 Å². The van der Waals surface area contributed by atoms with Crippen molar-refractivity contribution < 1.29 is 5.11 Å². The quantitative estimate of drug-likeness (QED) is 0.711. The van der Waals surface area contributed by atoms with E-state index < -0.39 is 0 Å². The molecule has 1 nitrogen and oxygen atoms in total. The average Bonchev–Trinajstić information content (AvgIpc) is 2.47. The van der Waals surface area contributed by atoms with E-state index in [9.17, 15) is 5.11 Å². The van der Waals surface area contributed by atoms with Crippen LogP contribution >= 0.6 is 0 Å². The Bertz CT molecular complexity index is 441. The van der Waals surface area contributed by atoms with Gasteiger partial charge in [0.1, 0.15) is 0 Å². The highest BCUT2D eigenvalue weighted by molar-refractivity contribution is 5.37. The van der Waals surface area contributed by atoms with Gasteiger partial charge in [-0.15, -0.1) is 0 Å². The molecule has 1 saturated carbocycles. The Kier molecular flexibility index (Phi) is 5.87. The van der Waals surface area contributed by atoms with Crippen LogP contribution in [0.4, 0.5) is 0 Å². The number of aliphatic hydroxyl groups is 1. The molecule has 0 heterocycles. The van der Waals surface area contributed by atoms with Crippen LogP contribution in [-0.4, -0.2) is 5.11 Å². The number of hydrogen-bond acceptors (Lipinski definition) is 1. The van der Waals surface area contributed by atoms with E-state index in [4.69, 9.17) is 0 Å². The van der Waals surface area contributed by atoms with Gasteiger partial charge in [-0.2, -0.15) is 0 Å². The van der Waals surface area contributed by atoms with Crippen LogP contribution < -0.4 is 0 Å². The summed E-state index contributed by atoms with van der Waals surface area (Å²) in [5, 5.41) is 10.7. The lowest BCUT2D eigenvalue weighted by Gasteiger charge is -2.26. The molecular formula is C20H32O. The van der Waals surface area contributed by atoms with Crippen molar-refractivity contribution in [2.75, 3.05) is 0 Å². The Balaban J connectivity index is 2.16. The first-order valence-electron chi connectivity index (χ1n) is 8.80. The van der Waals surface area contributed by atoms with Crippen molar-refractivity contribution >= 4 is 0 Å². The molecule has 1 heteroatoms. The first kappa shape index (κ1) is 16.5. The summed E-state index contributed by atoms with van der Waals surface area (Å²) >= 11 is 0. The van der Waals surface area contributed by atoms with Gasteiger partial charge in [0.05, 0.1) is 6.10 Å². The molecule has 1 aliphatic rings. The van der Waals surface area contributed by atoms with Crippen LogP contribution in [0.3, 0.4) is 0 Å². The summed E-state index contributed by atoms with van der Waals surface area (Å²) in [6.07, 6.45) is 7.34. The minimum atomic E-state index is -0.285. The molecule has 0 aliphatic heterocycles. The van der Waals surface area contributed by atoms with Crippen molar-refractivity contribution in [3.05, 3.63) is 34.9 Å². The van der Waals surface area contributed by atoms with Crippen LogP contribution in [-0.2, 0) is 0 Å². The van der Waals surface area contributed by atoms with E-state index >= 15 is 0 Å². The lowest BCUT2D eigenvalue weighted by atomic mass is 9.82.